The SMILES string of the molecule is CCCCCCCCCCCCCCCCCCC1=CC(=O)C=[N+]1[O-]. The first kappa shape index (κ1) is 21.9. The number of carbonyl (C=O) groups is 1. The molecule has 0 amide bonds. The summed E-state index contributed by atoms with van der Waals surface area (Å²) in [6, 6.07) is 0. The van der Waals surface area contributed by atoms with Crippen LogP contribution >= 0.6 is 0 Å². The van der Waals surface area contributed by atoms with E-state index in [1.54, 1.807) is 0 Å². The largest absolute Gasteiger partial charge is 0.618 e. The van der Waals surface area contributed by atoms with Gasteiger partial charge in [-0.3, -0.25) is 4.79 Å². The fourth-order valence-corrected chi connectivity index (χ4v) is 3.50. The molecule has 1 heterocycles. The summed E-state index contributed by atoms with van der Waals surface area (Å²) in [6.45, 7) is 2.28. The quantitative estimate of drug-likeness (QED) is 0.167. The molecule has 0 bridgehead atoms. The van der Waals surface area contributed by atoms with Gasteiger partial charge in [0.2, 0.25) is 12.0 Å². The Bertz CT molecular complexity index is 412. The van der Waals surface area contributed by atoms with Crippen molar-refractivity contribution < 1.29 is 9.53 Å². The highest BCUT2D eigenvalue weighted by Gasteiger charge is 2.17. The van der Waals surface area contributed by atoms with Crippen LogP contribution in [0.5, 0.6) is 0 Å². The Balaban J connectivity index is 1.74. The van der Waals surface area contributed by atoms with Crippen LogP contribution in [0.1, 0.15) is 116 Å². The summed E-state index contributed by atoms with van der Waals surface area (Å²) in [4.78, 5) is 11.1. The molecular weight excluding hydrogens is 310 g/mol. The first-order valence-corrected chi connectivity index (χ1v) is 10.8. The van der Waals surface area contributed by atoms with Crippen molar-refractivity contribution in [1.29, 1.82) is 0 Å². The number of carbonyl (C=O) groups excluding carboxylic acids is 1. The topological polar surface area (TPSA) is 43.1 Å². The lowest BCUT2D eigenvalue weighted by molar-refractivity contribution is -0.395. The highest BCUT2D eigenvalue weighted by molar-refractivity contribution is 6.32. The average molecular weight is 350 g/mol. The molecule has 0 N–H and O–H groups in total. The Hall–Kier alpha value is -1.12. The zero-order valence-electron chi connectivity index (χ0n) is 16.4. The molecule has 0 saturated heterocycles. The minimum absolute atomic E-state index is 0.165. The van der Waals surface area contributed by atoms with Crippen LogP contribution in [0.15, 0.2) is 11.8 Å². The number of rotatable bonds is 17. The monoisotopic (exact) mass is 349 g/mol. The molecule has 0 atom stereocenters. The molecule has 25 heavy (non-hydrogen) atoms. The zero-order chi connectivity index (χ0) is 18.2. The van der Waals surface area contributed by atoms with Crippen LogP contribution < -0.4 is 0 Å². The minimum Gasteiger partial charge on any atom is -0.618 e. The maximum absolute atomic E-state index is 11.3. The van der Waals surface area contributed by atoms with Crippen molar-refractivity contribution in [3.8, 4) is 0 Å². The Morgan fingerprint density at radius 1 is 0.720 bits per heavy atom. The molecule has 0 saturated carbocycles. The average Bonchev–Trinajstić information content (AvgIpc) is 2.92. The summed E-state index contributed by atoms with van der Waals surface area (Å²) in [6.07, 6.45) is 24.9. The minimum atomic E-state index is -0.165. The van der Waals surface area contributed by atoms with Crippen molar-refractivity contribution in [3.05, 3.63) is 17.0 Å². The van der Waals surface area contributed by atoms with Gasteiger partial charge in [0.15, 0.2) is 5.70 Å². The third-order valence-electron chi connectivity index (χ3n) is 5.12. The molecule has 0 aliphatic carbocycles. The predicted octanol–water partition coefficient (Wildman–Crippen LogP) is 6.69. The van der Waals surface area contributed by atoms with Gasteiger partial charge in [-0.05, 0) is 6.42 Å². The van der Waals surface area contributed by atoms with Gasteiger partial charge in [-0.2, -0.15) is 4.74 Å². The van der Waals surface area contributed by atoms with Crippen molar-refractivity contribution >= 4 is 12.0 Å². The molecule has 1 aliphatic heterocycles. The molecule has 0 radical (unpaired) electrons. The number of hydrogen-bond donors (Lipinski definition) is 0. The Labute approximate surface area is 155 Å². The standard InChI is InChI=1S/C22H39NO2/c1-2-3-4-5-6-7-8-9-10-11-12-13-14-15-16-17-18-21-19-22(24)20-23(21)25/h19-20H,2-18H2,1H3. The van der Waals surface area contributed by atoms with Crippen LogP contribution in [0.4, 0.5) is 0 Å². The van der Waals surface area contributed by atoms with Crippen LogP contribution in [-0.2, 0) is 4.79 Å². The van der Waals surface area contributed by atoms with E-state index in [0.29, 0.717) is 5.70 Å². The fraction of sp³-hybridized carbons (Fsp3) is 0.818. The van der Waals surface area contributed by atoms with E-state index in [-0.39, 0.29) is 5.78 Å². The Morgan fingerprint density at radius 2 is 1.12 bits per heavy atom. The fourth-order valence-electron chi connectivity index (χ4n) is 3.50. The molecule has 0 aromatic rings. The zero-order valence-corrected chi connectivity index (χ0v) is 16.4. The lowest BCUT2D eigenvalue weighted by Crippen LogP contribution is -2.00. The van der Waals surface area contributed by atoms with Gasteiger partial charge < -0.3 is 5.21 Å². The van der Waals surface area contributed by atoms with Crippen molar-refractivity contribution in [2.75, 3.05) is 0 Å². The summed E-state index contributed by atoms with van der Waals surface area (Å²) in [5, 5.41) is 11.3. The Kier molecular flexibility index (Phi) is 13.3. The van der Waals surface area contributed by atoms with Gasteiger partial charge in [0.1, 0.15) is 0 Å². The van der Waals surface area contributed by atoms with E-state index >= 15 is 0 Å². The second-order valence-corrected chi connectivity index (χ2v) is 7.55. The summed E-state index contributed by atoms with van der Waals surface area (Å²) in [7, 11) is 0. The molecule has 3 nitrogen and oxygen atoms in total. The van der Waals surface area contributed by atoms with Crippen molar-refractivity contribution in [1.82, 2.24) is 0 Å². The van der Waals surface area contributed by atoms with E-state index < -0.39 is 0 Å². The van der Waals surface area contributed by atoms with E-state index in [2.05, 4.69) is 6.92 Å². The van der Waals surface area contributed by atoms with Gasteiger partial charge in [0.05, 0.1) is 6.08 Å². The number of hydroxylamine groups is 1. The van der Waals surface area contributed by atoms with Crippen molar-refractivity contribution in [3.63, 3.8) is 0 Å². The number of nitrogens with zero attached hydrogens (tertiary/aromatic N) is 1. The van der Waals surface area contributed by atoms with Gasteiger partial charge in [-0.25, -0.2) is 0 Å². The smallest absolute Gasteiger partial charge is 0.249 e. The van der Waals surface area contributed by atoms with Crippen LogP contribution in [0.2, 0.25) is 0 Å². The summed E-state index contributed by atoms with van der Waals surface area (Å²) < 4.78 is 0.730. The van der Waals surface area contributed by atoms with Crippen LogP contribution in [0.25, 0.3) is 0 Å². The van der Waals surface area contributed by atoms with Gasteiger partial charge in [0.25, 0.3) is 0 Å². The van der Waals surface area contributed by atoms with E-state index in [1.165, 1.54) is 96.0 Å². The van der Waals surface area contributed by atoms with Crippen LogP contribution in [-0.4, -0.2) is 16.7 Å². The van der Waals surface area contributed by atoms with Gasteiger partial charge in [-0.15, -0.1) is 0 Å². The molecule has 1 rings (SSSR count). The highest BCUT2D eigenvalue weighted by atomic mass is 16.5. The normalized spacial score (nSPS) is 14.0. The lowest BCUT2D eigenvalue weighted by Gasteiger charge is -2.04. The number of ketones is 1. The second kappa shape index (κ2) is 15.2. The van der Waals surface area contributed by atoms with E-state index in [9.17, 15) is 10.0 Å². The Morgan fingerprint density at radius 3 is 1.48 bits per heavy atom. The van der Waals surface area contributed by atoms with Gasteiger partial charge in [0, 0.05) is 6.42 Å². The van der Waals surface area contributed by atoms with Crippen molar-refractivity contribution in [2.45, 2.75) is 116 Å². The second-order valence-electron chi connectivity index (χ2n) is 7.55. The van der Waals surface area contributed by atoms with Crippen LogP contribution in [0, 0.1) is 5.21 Å². The predicted molar refractivity (Wildman–Crippen MR) is 107 cm³/mol. The van der Waals surface area contributed by atoms with Crippen molar-refractivity contribution in [2.24, 2.45) is 0 Å². The third kappa shape index (κ3) is 12.0. The number of allylic oxidation sites excluding steroid dienone is 2. The summed E-state index contributed by atoms with van der Waals surface area (Å²) in [5.74, 6) is -0.165. The number of hydrogen-bond acceptors (Lipinski definition) is 2. The molecule has 0 aromatic heterocycles. The molecule has 0 spiro atoms. The first-order chi connectivity index (χ1) is 12.2. The molecule has 0 aromatic carbocycles. The van der Waals surface area contributed by atoms with E-state index in [0.717, 1.165) is 30.2 Å². The van der Waals surface area contributed by atoms with E-state index in [4.69, 9.17) is 0 Å². The lowest BCUT2D eigenvalue weighted by atomic mass is 10.0. The maximum atomic E-state index is 11.3. The van der Waals surface area contributed by atoms with Gasteiger partial charge in [-0.1, -0.05) is 103 Å². The third-order valence-corrected chi connectivity index (χ3v) is 5.12. The molecule has 144 valence electrons. The molecule has 1 aliphatic rings. The number of unbranched alkanes of at least 4 members (excludes halogenated alkanes) is 15. The molecule has 0 unspecified atom stereocenters. The summed E-state index contributed by atoms with van der Waals surface area (Å²) >= 11 is 0. The first-order valence-electron chi connectivity index (χ1n) is 10.8. The highest BCUT2D eigenvalue weighted by Crippen LogP contribution is 2.16. The molecule has 0 fully saturated rings. The summed E-state index contributed by atoms with van der Waals surface area (Å²) in [5.41, 5.74) is 0.635. The van der Waals surface area contributed by atoms with E-state index in [1.807, 2.05) is 0 Å². The van der Waals surface area contributed by atoms with Crippen LogP contribution in [0.3, 0.4) is 0 Å². The molecule has 3 heteroatoms. The maximum Gasteiger partial charge on any atom is 0.249 e. The molecular formula is C22H39NO2. The van der Waals surface area contributed by atoms with Gasteiger partial charge >= 0.3 is 0 Å².